The lowest BCUT2D eigenvalue weighted by Gasteiger charge is -2.32. The monoisotopic (exact) mass is 1850 g/mol. The summed E-state index contributed by atoms with van der Waals surface area (Å²) in [5.74, 6) is 6.55. The molecule has 0 saturated heterocycles. The van der Waals surface area contributed by atoms with Crippen molar-refractivity contribution in [2.24, 2.45) is 0 Å². The van der Waals surface area contributed by atoms with Crippen LogP contribution < -0.4 is 14.7 Å². The Kier molecular flexibility index (Phi) is 22.0. The van der Waals surface area contributed by atoms with Gasteiger partial charge in [-0.2, -0.15) is 0 Å². The Balaban J connectivity index is 0.000000111. The second kappa shape index (κ2) is 36.7. The fourth-order valence-corrected chi connectivity index (χ4v) is 21.1. The minimum atomic E-state index is 0.366. The zero-order valence-electron chi connectivity index (χ0n) is 74.6. The molecule has 0 atom stereocenters. The van der Waals surface area contributed by atoms with E-state index in [4.69, 9.17) is 68.6 Å². The highest BCUT2D eigenvalue weighted by atomic mass is 32.2. The molecule has 17 nitrogen and oxygen atoms in total. The van der Waals surface area contributed by atoms with Crippen molar-refractivity contribution in [3.8, 4) is 126 Å². The first-order valence-corrected chi connectivity index (χ1v) is 48.2. The minimum Gasteiger partial charge on any atom is -0.456 e. The smallest absolute Gasteiger partial charge is 0.202 e. The Morgan fingerprint density at radius 1 is 0.157 bits per heavy atom. The zero-order chi connectivity index (χ0) is 92.8. The number of benzene rings is 18. The van der Waals surface area contributed by atoms with Crippen molar-refractivity contribution < 1.29 is 8.83 Å². The van der Waals surface area contributed by atoms with E-state index in [1.807, 2.05) is 224 Å². The van der Waals surface area contributed by atoms with Crippen LogP contribution >= 0.6 is 35.3 Å². The molecule has 9 heterocycles. The van der Waals surface area contributed by atoms with E-state index in [1.165, 1.54) is 52.1 Å². The third kappa shape index (κ3) is 16.3. The third-order valence-corrected chi connectivity index (χ3v) is 28.0. The molecule has 140 heavy (non-hydrogen) atoms. The van der Waals surface area contributed by atoms with Gasteiger partial charge < -0.3 is 23.5 Å². The molecule has 27 rings (SSSR count). The quantitative estimate of drug-likeness (QED) is 0.0997. The predicted octanol–water partition coefficient (Wildman–Crippen LogP) is 31.7. The molecule has 6 aromatic heterocycles. The Morgan fingerprint density at radius 3 is 0.707 bits per heavy atom. The number of nitrogens with zero attached hydrogens (tertiary/aromatic N) is 15. The Morgan fingerprint density at radius 2 is 0.386 bits per heavy atom. The number of aromatic nitrogens is 12. The van der Waals surface area contributed by atoms with Crippen LogP contribution in [0.2, 0.25) is 0 Å². The van der Waals surface area contributed by atoms with E-state index < -0.39 is 0 Å². The van der Waals surface area contributed by atoms with E-state index in [1.54, 1.807) is 23.5 Å². The van der Waals surface area contributed by atoms with Gasteiger partial charge in [-0.05, 0) is 182 Å². The highest BCUT2D eigenvalue weighted by Gasteiger charge is 2.31. The number of para-hydroxylation sites is 9. The number of rotatable bonds is 14. The first-order valence-electron chi connectivity index (χ1n) is 45.8. The van der Waals surface area contributed by atoms with Crippen LogP contribution in [0.4, 0.5) is 51.2 Å². The van der Waals surface area contributed by atoms with Gasteiger partial charge in [-0.3, -0.25) is 0 Å². The number of anilines is 9. The van der Waals surface area contributed by atoms with Crippen molar-refractivity contribution in [3.63, 3.8) is 0 Å². The molecule has 0 spiro atoms. The van der Waals surface area contributed by atoms with Crippen LogP contribution in [-0.4, -0.2) is 59.8 Å². The Hall–Kier alpha value is -18.0. The normalized spacial score (nSPS) is 12.2. The van der Waals surface area contributed by atoms with Crippen LogP contribution in [0.15, 0.2) is 493 Å². The summed E-state index contributed by atoms with van der Waals surface area (Å²) in [6.07, 6.45) is 0. The maximum atomic E-state index is 6.36. The van der Waals surface area contributed by atoms with Crippen molar-refractivity contribution in [2.45, 2.75) is 29.4 Å². The summed E-state index contributed by atoms with van der Waals surface area (Å²) in [4.78, 5) is 73.7. The Bertz CT molecular complexity index is 8610. The molecule has 660 valence electrons. The second-order valence-corrected chi connectivity index (χ2v) is 36.7. The average molecular weight is 1860 g/mol. The first-order chi connectivity index (χ1) is 69.3. The summed E-state index contributed by atoms with van der Waals surface area (Å²) in [6, 6.07) is 155. The SMILES string of the molecule is c1ccc(-c2nc(-c3ccc(N4c5ccccc5Sc5ccccc54)cc3)nc(-c3ccc4oc5ccccc5c4c3)n2)cc1.c1ccc(-c2nc(-c3ccc(N4c5ccccc5Sc5ccccc54)cc3)nc(-c3cccc4c3oc3ccccc34)n2)cc1.c1ccc(-c2nc(-c3ccccc3)nc(-c3nc(-c4ccccc4)nc(-c4ccc(N5c6ccccc6Sc6ccccc65)cc4)n3)n2)cc1. The lowest BCUT2D eigenvalue weighted by atomic mass is 10.1. The highest BCUT2D eigenvalue weighted by Crippen LogP contribution is 2.55. The van der Waals surface area contributed by atoms with Crippen LogP contribution in [0.25, 0.3) is 169 Å². The molecular formula is C120H75N15O2S3. The lowest BCUT2D eigenvalue weighted by molar-refractivity contribution is 0.669. The van der Waals surface area contributed by atoms with Gasteiger partial charge in [0.25, 0.3) is 0 Å². The molecule has 0 saturated carbocycles. The van der Waals surface area contributed by atoms with Gasteiger partial charge in [0, 0.05) is 118 Å². The number of hydrogen-bond acceptors (Lipinski definition) is 20. The topological polar surface area (TPSA) is 191 Å². The summed E-state index contributed by atoms with van der Waals surface area (Å²) < 4.78 is 12.4. The number of fused-ring (bicyclic) bond motifs is 12. The molecule has 3 aliphatic rings. The molecule has 24 aromatic rings. The molecule has 20 heteroatoms. The molecule has 0 aliphatic carbocycles. The van der Waals surface area contributed by atoms with Crippen molar-refractivity contribution in [3.05, 3.63) is 455 Å². The largest absolute Gasteiger partial charge is 0.456 e. The van der Waals surface area contributed by atoms with E-state index in [9.17, 15) is 0 Å². The summed E-state index contributed by atoms with van der Waals surface area (Å²) in [7, 11) is 0. The fourth-order valence-electron chi connectivity index (χ4n) is 17.9. The van der Waals surface area contributed by atoms with Crippen molar-refractivity contribution in [2.75, 3.05) is 14.7 Å². The molecule has 0 unspecified atom stereocenters. The molecule has 18 aromatic carbocycles. The molecule has 0 N–H and O–H groups in total. The Labute approximate surface area is 817 Å². The zero-order valence-corrected chi connectivity index (χ0v) is 77.0. The van der Waals surface area contributed by atoms with Crippen LogP contribution in [-0.2, 0) is 0 Å². The minimum absolute atomic E-state index is 0.366. The molecule has 0 radical (unpaired) electrons. The van der Waals surface area contributed by atoms with Gasteiger partial charge in [-0.15, -0.1) is 0 Å². The van der Waals surface area contributed by atoms with Gasteiger partial charge in [0.15, 0.2) is 58.2 Å². The fraction of sp³-hybridized carbons (Fsp3) is 0. The third-order valence-electron chi connectivity index (χ3n) is 24.6. The van der Waals surface area contributed by atoms with Crippen molar-refractivity contribution in [1.82, 2.24) is 59.8 Å². The summed E-state index contributed by atoms with van der Waals surface area (Å²) in [5.41, 5.74) is 22.4. The number of furan rings is 2. The highest BCUT2D eigenvalue weighted by molar-refractivity contribution is 8.00. The van der Waals surface area contributed by atoms with Gasteiger partial charge in [0.2, 0.25) is 11.6 Å². The van der Waals surface area contributed by atoms with E-state index in [0.29, 0.717) is 69.9 Å². The van der Waals surface area contributed by atoms with Crippen LogP contribution in [0.3, 0.4) is 0 Å². The van der Waals surface area contributed by atoms with E-state index in [0.717, 1.165) is 128 Å². The molecular weight excluding hydrogens is 1780 g/mol. The molecule has 0 bridgehead atoms. The molecule has 3 aliphatic heterocycles. The molecule has 0 fully saturated rings. The predicted molar refractivity (Wildman–Crippen MR) is 564 cm³/mol. The van der Waals surface area contributed by atoms with Crippen LogP contribution in [0.1, 0.15) is 0 Å². The maximum Gasteiger partial charge on any atom is 0.202 e. The van der Waals surface area contributed by atoms with Gasteiger partial charge in [-0.25, -0.2) is 59.8 Å². The van der Waals surface area contributed by atoms with Crippen molar-refractivity contribution >= 4 is 130 Å². The average Bonchev–Trinajstić information content (AvgIpc) is 1.07. The summed E-state index contributed by atoms with van der Waals surface area (Å²) in [6.45, 7) is 0. The molecule has 0 amide bonds. The van der Waals surface area contributed by atoms with Gasteiger partial charge in [-0.1, -0.05) is 308 Å². The lowest BCUT2D eigenvalue weighted by Crippen LogP contribution is -2.14. The van der Waals surface area contributed by atoms with Gasteiger partial charge in [0.05, 0.1) is 39.7 Å². The summed E-state index contributed by atoms with van der Waals surface area (Å²) >= 11 is 5.41. The maximum absolute atomic E-state index is 6.36. The van der Waals surface area contributed by atoms with E-state index >= 15 is 0 Å². The van der Waals surface area contributed by atoms with Gasteiger partial charge >= 0.3 is 0 Å². The van der Waals surface area contributed by atoms with E-state index in [2.05, 4.69) is 257 Å². The first kappa shape index (κ1) is 83.8. The standard InChI is InChI=1S/C42H27N7S.2C39H24N4OS/c1-4-14-28(15-5-1)37-43-38(29-16-6-2-7-17-29)46-41(45-37)42-47-39(30-18-8-3-9-19-30)44-40(48-42)31-24-26-32(27-25-31)49-33-20-10-12-22-35(33)50-36-23-13-11-21-34(36)49;1-2-11-25(12-3-1)37-40-38(42-39(41-37)30-15-10-14-29-28-13-4-7-18-33(28)44-36(29)30)26-21-23-27(24-22-26)43-31-16-5-8-19-34(31)45-35-20-9-6-17-32(35)43;1-2-10-25(11-3-1)37-40-38(42-39(41-37)27-20-23-34-30(24-27)29-12-4-7-15-33(29)44-34)26-18-21-28(22-19-26)43-31-13-5-8-16-35(31)45-36-17-9-6-14-32(36)43/h1-27H;2*1-24H. The number of hydrogen-bond donors (Lipinski definition) is 0. The second-order valence-electron chi connectivity index (χ2n) is 33.4. The van der Waals surface area contributed by atoms with Crippen LogP contribution in [0.5, 0.6) is 0 Å². The van der Waals surface area contributed by atoms with Gasteiger partial charge in [0.1, 0.15) is 22.3 Å². The van der Waals surface area contributed by atoms with Crippen molar-refractivity contribution in [1.29, 1.82) is 0 Å². The van der Waals surface area contributed by atoms with E-state index in [-0.39, 0.29) is 0 Å². The summed E-state index contributed by atoms with van der Waals surface area (Å²) in [5, 5.41) is 4.22. The van der Waals surface area contributed by atoms with Crippen LogP contribution in [0, 0.1) is 0 Å².